The van der Waals surface area contributed by atoms with Crippen LogP contribution in [0.2, 0.25) is 0 Å². The third-order valence-corrected chi connectivity index (χ3v) is 2.52. The molecule has 0 aliphatic carbocycles. The number of carboxylic acid groups (broad SMARTS) is 1. The molecule has 3 heteroatoms. The number of rotatable bonds is 5. The predicted molar refractivity (Wildman–Crippen MR) is 65.9 cm³/mol. The first-order valence-electron chi connectivity index (χ1n) is 5.56. The second-order valence-corrected chi connectivity index (χ2v) is 4.27. The maximum absolute atomic E-state index is 10.6. The number of carboxylic acids is 1. The summed E-state index contributed by atoms with van der Waals surface area (Å²) in [5.41, 5.74) is 2.29. The Balaban J connectivity index is 2.81. The summed E-state index contributed by atoms with van der Waals surface area (Å²) in [5, 5.41) is 8.72. The van der Waals surface area contributed by atoms with Crippen LogP contribution in [0.5, 0.6) is 0 Å². The molecule has 0 aliphatic rings. The van der Waals surface area contributed by atoms with Gasteiger partial charge in [-0.05, 0) is 38.5 Å². The van der Waals surface area contributed by atoms with E-state index in [9.17, 15) is 4.79 Å². The number of hydrogen-bond donors (Lipinski definition) is 1. The second kappa shape index (κ2) is 5.54. The molecule has 0 spiro atoms. The van der Waals surface area contributed by atoms with Crippen molar-refractivity contribution >= 4 is 11.7 Å². The highest BCUT2D eigenvalue weighted by Crippen LogP contribution is 2.18. The highest BCUT2D eigenvalue weighted by atomic mass is 16.4. The summed E-state index contributed by atoms with van der Waals surface area (Å²) < 4.78 is 0. The maximum Gasteiger partial charge on any atom is 0.305 e. The van der Waals surface area contributed by atoms with E-state index in [1.54, 1.807) is 0 Å². The van der Waals surface area contributed by atoms with Gasteiger partial charge in [-0.25, -0.2) is 0 Å². The fourth-order valence-corrected chi connectivity index (χ4v) is 1.71. The third-order valence-electron chi connectivity index (χ3n) is 2.52. The van der Waals surface area contributed by atoms with Crippen molar-refractivity contribution in [2.75, 3.05) is 11.4 Å². The zero-order chi connectivity index (χ0) is 12.1. The molecule has 0 aliphatic heterocycles. The van der Waals surface area contributed by atoms with Gasteiger partial charge in [-0.1, -0.05) is 12.1 Å². The molecule has 3 nitrogen and oxygen atoms in total. The maximum atomic E-state index is 10.6. The number of aliphatic carboxylic acids is 1. The number of anilines is 1. The third kappa shape index (κ3) is 3.57. The Morgan fingerprint density at radius 1 is 1.44 bits per heavy atom. The van der Waals surface area contributed by atoms with Crippen LogP contribution in [0, 0.1) is 6.92 Å². The molecule has 0 fully saturated rings. The smallest absolute Gasteiger partial charge is 0.305 e. The highest BCUT2D eigenvalue weighted by molar-refractivity contribution is 5.67. The monoisotopic (exact) mass is 221 g/mol. The van der Waals surface area contributed by atoms with Gasteiger partial charge in [0.15, 0.2) is 0 Å². The summed E-state index contributed by atoms with van der Waals surface area (Å²) in [7, 11) is 0. The van der Waals surface area contributed by atoms with Gasteiger partial charge in [0, 0.05) is 18.3 Å². The largest absolute Gasteiger partial charge is 0.481 e. The van der Waals surface area contributed by atoms with Crippen LogP contribution < -0.4 is 4.90 Å². The average molecular weight is 221 g/mol. The molecule has 1 rings (SSSR count). The Bertz CT molecular complexity index is 361. The number of aryl methyl sites for hydroxylation is 1. The minimum absolute atomic E-state index is 0.173. The average Bonchev–Trinajstić information content (AvgIpc) is 2.17. The highest BCUT2D eigenvalue weighted by Gasteiger charge is 2.11. The lowest BCUT2D eigenvalue weighted by atomic mass is 10.1. The van der Waals surface area contributed by atoms with Crippen molar-refractivity contribution in [1.82, 2.24) is 0 Å². The molecule has 0 saturated heterocycles. The van der Waals surface area contributed by atoms with E-state index in [4.69, 9.17) is 5.11 Å². The summed E-state index contributed by atoms with van der Waals surface area (Å²) in [5.74, 6) is -0.752. The summed E-state index contributed by atoms with van der Waals surface area (Å²) in [6.07, 6.45) is 0.173. The van der Waals surface area contributed by atoms with Crippen LogP contribution in [0.15, 0.2) is 24.3 Å². The summed E-state index contributed by atoms with van der Waals surface area (Å²) >= 11 is 0. The summed E-state index contributed by atoms with van der Waals surface area (Å²) in [6, 6.07) is 8.46. The van der Waals surface area contributed by atoms with E-state index in [2.05, 4.69) is 24.8 Å². The van der Waals surface area contributed by atoms with Crippen LogP contribution >= 0.6 is 0 Å². The van der Waals surface area contributed by atoms with Crippen LogP contribution in [0.25, 0.3) is 0 Å². The van der Waals surface area contributed by atoms with Crippen molar-refractivity contribution in [3.8, 4) is 0 Å². The molecule has 0 atom stereocenters. The van der Waals surface area contributed by atoms with Crippen molar-refractivity contribution in [1.29, 1.82) is 0 Å². The lowest BCUT2D eigenvalue weighted by Gasteiger charge is -2.28. The minimum atomic E-state index is -0.752. The zero-order valence-electron chi connectivity index (χ0n) is 10.1. The fourth-order valence-electron chi connectivity index (χ4n) is 1.71. The molecule has 16 heavy (non-hydrogen) atoms. The number of nitrogens with zero attached hydrogens (tertiary/aromatic N) is 1. The van der Waals surface area contributed by atoms with E-state index in [0.29, 0.717) is 12.6 Å². The molecule has 0 aromatic heterocycles. The van der Waals surface area contributed by atoms with Crippen molar-refractivity contribution in [2.45, 2.75) is 33.2 Å². The topological polar surface area (TPSA) is 40.5 Å². The van der Waals surface area contributed by atoms with E-state index in [1.807, 2.05) is 25.1 Å². The van der Waals surface area contributed by atoms with Crippen LogP contribution in [-0.4, -0.2) is 23.7 Å². The molecule has 88 valence electrons. The molecular formula is C13H19NO2. The number of carbonyl (C=O) groups is 1. The van der Waals surface area contributed by atoms with E-state index in [0.717, 1.165) is 5.69 Å². The Labute approximate surface area is 96.7 Å². The van der Waals surface area contributed by atoms with E-state index in [-0.39, 0.29) is 6.42 Å². The molecule has 1 N–H and O–H groups in total. The molecule has 0 unspecified atom stereocenters. The molecular weight excluding hydrogens is 202 g/mol. The van der Waals surface area contributed by atoms with E-state index >= 15 is 0 Å². The van der Waals surface area contributed by atoms with Crippen molar-refractivity contribution in [2.24, 2.45) is 0 Å². The van der Waals surface area contributed by atoms with E-state index < -0.39 is 5.97 Å². The normalized spacial score (nSPS) is 10.5. The van der Waals surface area contributed by atoms with Crippen LogP contribution in [0.4, 0.5) is 5.69 Å². The standard InChI is InChI=1S/C13H19NO2/c1-10(2)14(8-7-13(15)16)12-6-4-5-11(3)9-12/h4-6,9-10H,7-8H2,1-3H3,(H,15,16). The lowest BCUT2D eigenvalue weighted by Crippen LogP contribution is -2.32. The molecule has 0 amide bonds. The van der Waals surface area contributed by atoms with Crippen molar-refractivity contribution in [3.63, 3.8) is 0 Å². The number of hydrogen-bond acceptors (Lipinski definition) is 2. The first-order chi connectivity index (χ1) is 7.50. The predicted octanol–water partition coefficient (Wildman–Crippen LogP) is 2.68. The first kappa shape index (κ1) is 12.6. The van der Waals surface area contributed by atoms with Crippen LogP contribution in [-0.2, 0) is 4.79 Å². The van der Waals surface area contributed by atoms with Gasteiger partial charge in [-0.3, -0.25) is 4.79 Å². The van der Waals surface area contributed by atoms with E-state index in [1.165, 1.54) is 5.56 Å². The molecule has 0 bridgehead atoms. The molecule has 1 aromatic rings. The lowest BCUT2D eigenvalue weighted by molar-refractivity contribution is -0.136. The first-order valence-corrected chi connectivity index (χ1v) is 5.56. The SMILES string of the molecule is Cc1cccc(N(CCC(=O)O)C(C)C)c1. The van der Waals surface area contributed by atoms with Gasteiger partial charge in [-0.2, -0.15) is 0 Å². The molecule has 0 heterocycles. The Kier molecular flexibility index (Phi) is 4.35. The Hall–Kier alpha value is -1.51. The van der Waals surface area contributed by atoms with Gasteiger partial charge in [0.2, 0.25) is 0 Å². The van der Waals surface area contributed by atoms with Crippen molar-refractivity contribution < 1.29 is 9.90 Å². The van der Waals surface area contributed by atoms with Gasteiger partial charge < -0.3 is 10.0 Å². The van der Waals surface area contributed by atoms with Crippen LogP contribution in [0.1, 0.15) is 25.8 Å². The minimum Gasteiger partial charge on any atom is -0.481 e. The van der Waals surface area contributed by atoms with Gasteiger partial charge in [0.05, 0.1) is 6.42 Å². The van der Waals surface area contributed by atoms with Gasteiger partial charge in [-0.15, -0.1) is 0 Å². The number of benzene rings is 1. The molecule has 0 radical (unpaired) electrons. The summed E-state index contributed by atoms with van der Waals surface area (Å²) in [4.78, 5) is 12.7. The quantitative estimate of drug-likeness (QED) is 0.831. The van der Waals surface area contributed by atoms with Crippen molar-refractivity contribution in [3.05, 3.63) is 29.8 Å². The summed E-state index contributed by atoms with van der Waals surface area (Å²) in [6.45, 7) is 6.74. The van der Waals surface area contributed by atoms with Gasteiger partial charge >= 0.3 is 5.97 Å². The zero-order valence-corrected chi connectivity index (χ0v) is 10.1. The van der Waals surface area contributed by atoms with Gasteiger partial charge in [0.1, 0.15) is 0 Å². The molecule has 0 saturated carbocycles. The molecule has 1 aromatic carbocycles. The fraction of sp³-hybridized carbons (Fsp3) is 0.462. The van der Waals surface area contributed by atoms with Gasteiger partial charge in [0.25, 0.3) is 0 Å². The Morgan fingerprint density at radius 3 is 2.62 bits per heavy atom. The Morgan fingerprint density at radius 2 is 2.12 bits per heavy atom. The second-order valence-electron chi connectivity index (χ2n) is 4.27. The van der Waals surface area contributed by atoms with Crippen LogP contribution in [0.3, 0.4) is 0 Å².